The molecule has 0 aliphatic carbocycles. The van der Waals surface area contributed by atoms with Crippen LogP contribution in [-0.4, -0.2) is 27.6 Å². The van der Waals surface area contributed by atoms with E-state index in [1.165, 1.54) is 7.05 Å². The van der Waals surface area contributed by atoms with Crippen LogP contribution >= 0.6 is 15.9 Å². The number of rotatable bonds is 3. The summed E-state index contributed by atoms with van der Waals surface area (Å²) in [5.41, 5.74) is -1.19. The molecule has 8 heteroatoms. The molecule has 2 rings (SSSR count). The highest BCUT2D eigenvalue weighted by Crippen LogP contribution is 2.25. The first-order valence-electron chi connectivity index (χ1n) is 5.96. The van der Waals surface area contributed by atoms with Crippen molar-refractivity contribution in [3.05, 3.63) is 49.6 Å². The summed E-state index contributed by atoms with van der Waals surface area (Å²) >= 11 is 3.27. The Hall–Kier alpha value is -2.35. The van der Waals surface area contributed by atoms with E-state index in [9.17, 15) is 19.5 Å². The van der Waals surface area contributed by atoms with E-state index < -0.39 is 23.0 Å². The van der Waals surface area contributed by atoms with Crippen LogP contribution in [0.2, 0.25) is 0 Å². The smallest absolute Gasteiger partial charge is 0.331 e. The monoisotopic (exact) mass is 353 g/mol. The SMILES string of the molecule is CNC(=O)Cn1c(O)c(-c2ccc(Br)cc2)c(=O)[nH]c1=O. The molecule has 0 unspecified atom stereocenters. The molecule has 0 bridgehead atoms. The van der Waals surface area contributed by atoms with Gasteiger partial charge in [0.25, 0.3) is 5.56 Å². The fourth-order valence-electron chi connectivity index (χ4n) is 1.81. The largest absolute Gasteiger partial charge is 0.494 e. The van der Waals surface area contributed by atoms with Gasteiger partial charge in [0, 0.05) is 11.5 Å². The summed E-state index contributed by atoms with van der Waals surface area (Å²) < 4.78 is 1.61. The Morgan fingerprint density at radius 2 is 1.95 bits per heavy atom. The predicted octanol–water partition coefficient (Wildman–Crippen LogP) is 0.418. The Bertz CT molecular complexity index is 793. The summed E-state index contributed by atoms with van der Waals surface area (Å²) in [4.78, 5) is 37.1. The zero-order valence-electron chi connectivity index (χ0n) is 11.0. The van der Waals surface area contributed by atoms with Crippen LogP contribution in [-0.2, 0) is 11.3 Å². The maximum atomic E-state index is 11.9. The quantitative estimate of drug-likeness (QED) is 0.743. The Morgan fingerprint density at radius 1 is 1.33 bits per heavy atom. The molecule has 0 fully saturated rings. The highest BCUT2D eigenvalue weighted by atomic mass is 79.9. The van der Waals surface area contributed by atoms with Crippen LogP contribution in [0, 0.1) is 0 Å². The normalized spacial score (nSPS) is 10.4. The van der Waals surface area contributed by atoms with Gasteiger partial charge in [-0.3, -0.25) is 19.1 Å². The Labute approximate surface area is 127 Å². The van der Waals surface area contributed by atoms with E-state index in [0.29, 0.717) is 5.56 Å². The fraction of sp³-hybridized carbons (Fsp3) is 0.154. The number of aromatic amines is 1. The molecule has 0 aliphatic heterocycles. The van der Waals surface area contributed by atoms with Crippen molar-refractivity contribution >= 4 is 21.8 Å². The van der Waals surface area contributed by atoms with Crippen LogP contribution in [0.3, 0.4) is 0 Å². The van der Waals surface area contributed by atoms with Crippen molar-refractivity contribution in [3.63, 3.8) is 0 Å². The van der Waals surface area contributed by atoms with Crippen molar-refractivity contribution in [2.45, 2.75) is 6.54 Å². The molecular formula is C13H12BrN3O4. The minimum Gasteiger partial charge on any atom is -0.494 e. The molecule has 1 amide bonds. The number of H-pyrrole nitrogens is 1. The Balaban J connectivity index is 2.64. The van der Waals surface area contributed by atoms with Crippen LogP contribution in [0.25, 0.3) is 11.1 Å². The highest BCUT2D eigenvalue weighted by Gasteiger charge is 2.17. The van der Waals surface area contributed by atoms with Gasteiger partial charge in [0.2, 0.25) is 11.8 Å². The topological polar surface area (TPSA) is 104 Å². The van der Waals surface area contributed by atoms with E-state index in [1.807, 2.05) is 0 Å². The van der Waals surface area contributed by atoms with Gasteiger partial charge in [-0.2, -0.15) is 0 Å². The molecule has 1 heterocycles. The number of hydrogen-bond acceptors (Lipinski definition) is 4. The van der Waals surface area contributed by atoms with E-state index in [2.05, 4.69) is 26.2 Å². The number of likely N-dealkylation sites (N-methyl/N-ethyl adjacent to an activating group) is 1. The van der Waals surface area contributed by atoms with Crippen LogP contribution in [0.4, 0.5) is 0 Å². The molecule has 3 N–H and O–H groups in total. The number of carbonyl (C=O) groups excluding carboxylic acids is 1. The lowest BCUT2D eigenvalue weighted by Crippen LogP contribution is -2.35. The zero-order valence-corrected chi connectivity index (χ0v) is 12.6. The number of halogens is 1. The molecule has 0 aliphatic rings. The molecular weight excluding hydrogens is 342 g/mol. The number of carbonyl (C=O) groups is 1. The third-order valence-corrected chi connectivity index (χ3v) is 3.41. The second-order valence-electron chi connectivity index (χ2n) is 4.22. The molecule has 0 saturated carbocycles. The first kappa shape index (κ1) is 15.0. The second kappa shape index (κ2) is 5.96. The molecule has 21 heavy (non-hydrogen) atoms. The van der Waals surface area contributed by atoms with Crippen LogP contribution < -0.4 is 16.6 Å². The first-order valence-corrected chi connectivity index (χ1v) is 6.76. The summed E-state index contributed by atoms with van der Waals surface area (Å²) in [6.45, 7) is -0.387. The van der Waals surface area contributed by atoms with Crippen molar-refractivity contribution in [3.8, 4) is 17.0 Å². The van der Waals surface area contributed by atoms with Gasteiger partial charge in [0.05, 0.1) is 0 Å². The molecule has 1 aromatic carbocycles. The van der Waals surface area contributed by atoms with Crippen molar-refractivity contribution in [1.29, 1.82) is 0 Å². The van der Waals surface area contributed by atoms with Gasteiger partial charge in [0.15, 0.2) is 0 Å². The molecule has 7 nitrogen and oxygen atoms in total. The lowest BCUT2D eigenvalue weighted by atomic mass is 10.1. The Morgan fingerprint density at radius 3 is 2.52 bits per heavy atom. The summed E-state index contributed by atoms with van der Waals surface area (Å²) in [5, 5.41) is 12.5. The number of nitrogens with zero attached hydrogens (tertiary/aromatic N) is 1. The van der Waals surface area contributed by atoms with Gasteiger partial charge in [-0.05, 0) is 17.7 Å². The van der Waals surface area contributed by atoms with Crippen molar-refractivity contribution < 1.29 is 9.90 Å². The number of benzene rings is 1. The maximum absolute atomic E-state index is 11.9. The number of hydrogen-bond donors (Lipinski definition) is 3. The molecule has 0 atom stereocenters. The number of aromatic hydroxyl groups is 1. The highest BCUT2D eigenvalue weighted by molar-refractivity contribution is 9.10. The predicted molar refractivity (Wildman–Crippen MR) is 80.2 cm³/mol. The van der Waals surface area contributed by atoms with E-state index in [4.69, 9.17) is 0 Å². The molecule has 110 valence electrons. The van der Waals surface area contributed by atoms with Crippen LogP contribution in [0.15, 0.2) is 38.3 Å². The molecule has 1 aromatic heterocycles. The fourth-order valence-corrected chi connectivity index (χ4v) is 2.07. The van der Waals surface area contributed by atoms with Gasteiger partial charge < -0.3 is 10.4 Å². The van der Waals surface area contributed by atoms with Gasteiger partial charge in [0.1, 0.15) is 12.1 Å². The van der Waals surface area contributed by atoms with E-state index in [0.717, 1.165) is 9.04 Å². The Kier molecular flexibility index (Phi) is 4.27. The number of nitrogens with one attached hydrogen (secondary N) is 2. The van der Waals surface area contributed by atoms with Crippen LogP contribution in [0.1, 0.15) is 0 Å². The van der Waals surface area contributed by atoms with Crippen LogP contribution in [0.5, 0.6) is 5.88 Å². The molecule has 0 saturated heterocycles. The number of amides is 1. The standard InChI is InChI=1S/C13H12BrN3O4/c1-15-9(18)6-17-12(20)10(11(19)16-13(17)21)7-2-4-8(14)5-3-7/h2-5,20H,6H2,1H3,(H,15,18)(H,16,19,21). The molecule has 0 radical (unpaired) electrons. The van der Waals surface area contributed by atoms with E-state index in [1.54, 1.807) is 24.3 Å². The average Bonchev–Trinajstić information content (AvgIpc) is 2.45. The van der Waals surface area contributed by atoms with Gasteiger partial charge in [-0.1, -0.05) is 28.1 Å². The van der Waals surface area contributed by atoms with Gasteiger partial charge in [-0.15, -0.1) is 0 Å². The summed E-state index contributed by atoms with van der Waals surface area (Å²) in [5.74, 6) is -1.02. The summed E-state index contributed by atoms with van der Waals surface area (Å²) in [6.07, 6.45) is 0. The molecule has 2 aromatic rings. The zero-order chi connectivity index (χ0) is 15.6. The summed E-state index contributed by atoms with van der Waals surface area (Å²) in [6, 6.07) is 6.62. The van der Waals surface area contributed by atoms with E-state index in [-0.39, 0.29) is 12.1 Å². The van der Waals surface area contributed by atoms with E-state index >= 15 is 0 Å². The third kappa shape index (κ3) is 3.05. The lowest BCUT2D eigenvalue weighted by Gasteiger charge is -2.10. The van der Waals surface area contributed by atoms with Crippen molar-refractivity contribution in [2.24, 2.45) is 0 Å². The van der Waals surface area contributed by atoms with Gasteiger partial charge in [-0.25, -0.2) is 4.79 Å². The van der Waals surface area contributed by atoms with Crippen molar-refractivity contribution in [1.82, 2.24) is 14.9 Å². The van der Waals surface area contributed by atoms with Gasteiger partial charge >= 0.3 is 5.69 Å². The lowest BCUT2D eigenvalue weighted by molar-refractivity contribution is -0.121. The minimum atomic E-state index is -0.845. The first-order chi connectivity index (χ1) is 9.93. The van der Waals surface area contributed by atoms with Crippen molar-refractivity contribution in [2.75, 3.05) is 7.05 Å². The molecule has 0 spiro atoms. The second-order valence-corrected chi connectivity index (χ2v) is 5.14. The summed E-state index contributed by atoms with van der Waals surface area (Å²) in [7, 11) is 1.41. The minimum absolute atomic E-state index is 0.0639. The third-order valence-electron chi connectivity index (χ3n) is 2.89. The average molecular weight is 354 g/mol. The maximum Gasteiger partial charge on any atom is 0.331 e. The number of aromatic nitrogens is 2.